The molecule has 1 amide bonds. The van der Waals surface area contributed by atoms with E-state index in [1.54, 1.807) is 11.3 Å². The number of carbonyl (C=O) groups excluding carboxylic acids is 1. The Balaban J connectivity index is 1.65. The van der Waals surface area contributed by atoms with Crippen molar-refractivity contribution in [3.8, 4) is 5.13 Å². The van der Waals surface area contributed by atoms with Crippen LogP contribution in [0.3, 0.4) is 0 Å². The van der Waals surface area contributed by atoms with Crippen LogP contribution in [0.15, 0.2) is 24.3 Å². The van der Waals surface area contributed by atoms with Crippen molar-refractivity contribution in [3.63, 3.8) is 0 Å². The second-order valence-electron chi connectivity index (χ2n) is 6.68. The fourth-order valence-electron chi connectivity index (χ4n) is 3.51. The number of carbonyl (C=O) groups is 1. The van der Waals surface area contributed by atoms with Crippen LogP contribution in [0.4, 0.5) is 5.69 Å². The van der Waals surface area contributed by atoms with Crippen LogP contribution in [0.1, 0.15) is 24.7 Å². The van der Waals surface area contributed by atoms with Crippen molar-refractivity contribution in [1.29, 1.82) is 0 Å². The van der Waals surface area contributed by atoms with E-state index < -0.39 is 0 Å². The van der Waals surface area contributed by atoms with Crippen molar-refractivity contribution in [2.45, 2.75) is 27.2 Å². The molecule has 3 heterocycles. The number of anilines is 1. The van der Waals surface area contributed by atoms with E-state index in [4.69, 9.17) is 4.98 Å². The molecule has 7 heteroatoms. The van der Waals surface area contributed by atoms with Gasteiger partial charge in [-0.05, 0) is 32.0 Å². The Hall–Kier alpha value is -2.41. The summed E-state index contributed by atoms with van der Waals surface area (Å²) in [7, 11) is 0. The van der Waals surface area contributed by atoms with Gasteiger partial charge >= 0.3 is 0 Å². The van der Waals surface area contributed by atoms with Gasteiger partial charge in [0.05, 0.1) is 16.1 Å². The topological polar surface area (TPSA) is 54.3 Å². The van der Waals surface area contributed by atoms with Gasteiger partial charge in [0.2, 0.25) is 11.0 Å². The van der Waals surface area contributed by atoms with Gasteiger partial charge in [0.25, 0.3) is 0 Å². The van der Waals surface area contributed by atoms with Gasteiger partial charge in [-0.3, -0.25) is 4.79 Å². The van der Waals surface area contributed by atoms with Gasteiger partial charge in [0, 0.05) is 38.3 Å². The van der Waals surface area contributed by atoms with E-state index in [-0.39, 0.29) is 5.91 Å². The molecule has 4 rings (SSSR count). The molecular formula is C19H23N5OS. The van der Waals surface area contributed by atoms with Crippen molar-refractivity contribution in [1.82, 2.24) is 19.7 Å². The van der Waals surface area contributed by atoms with Gasteiger partial charge in [-0.15, -0.1) is 0 Å². The number of rotatable bonds is 3. The number of nitrogens with zero attached hydrogens (tertiary/aromatic N) is 5. The number of thiazole rings is 1. The number of aromatic nitrogens is 3. The lowest BCUT2D eigenvalue weighted by molar-refractivity contribution is -0.131. The molecule has 0 atom stereocenters. The molecule has 26 heavy (non-hydrogen) atoms. The molecule has 3 aromatic rings. The predicted molar refractivity (Wildman–Crippen MR) is 105 cm³/mol. The second kappa shape index (κ2) is 6.72. The maximum absolute atomic E-state index is 11.9. The summed E-state index contributed by atoms with van der Waals surface area (Å²) in [6.07, 6.45) is 0.577. The molecule has 1 aromatic carbocycles. The number of aryl methyl sites for hydroxylation is 2. The number of hydrogen-bond acceptors (Lipinski definition) is 5. The van der Waals surface area contributed by atoms with Crippen LogP contribution in [-0.4, -0.2) is 51.8 Å². The van der Waals surface area contributed by atoms with E-state index in [0.29, 0.717) is 6.42 Å². The first-order valence-electron chi connectivity index (χ1n) is 9.02. The third-order valence-corrected chi connectivity index (χ3v) is 5.85. The summed E-state index contributed by atoms with van der Waals surface area (Å²) in [5, 5.41) is 5.46. The molecule has 0 aliphatic carbocycles. The number of piperazine rings is 1. The van der Waals surface area contributed by atoms with E-state index in [9.17, 15) is 4.79 Å². The summed E-state index contributed by atoms with van der Waals surface area (Å²) in [6.45, 7) is 9.21. The van der Waals surface area contributed by atoms with Gasteiger partial charge in [-0.25, -0.2) is 9.67 Å². The lowest BCUT2D eigenvalue weighted by atomic mass is 10.2. The van der Waals surface area contributed by atoms with Crippen LogP contribution >= 0.6 is 11.3 Å². The van der Waals surface area contributed by atoms with Gasteiger partial charge in [-0.1, -0.05) is 24.3 Å². The van der Waals surface area contributed by atoms with E-state index >= 15 is 0 Å². The van der Waals surface area contributed by atoms with E-state index in [1.165, 1.54) is 0 Å². The molecule has 136 valence electrons. The highest BCUT2D eigenvalue weighted by Crippen LogP contribution is 2.33. The van der Waals surface area contributed by atoms with Crippen LogP contribution in [0.2, 0.25) is 0 Å². The summed E-state index contributed by atoms with van der Waals surface area (Å²) in [6, 6.07) is 8.40. The smallest absolute Gasteiger partial charge is 0.222 e. The van der Waals surface area contributed by atoms with Gasteiger partial charge < -0.3 is 9.80 Å². The lowest BCUT2D eigenvalue weighted by Crippen LogP contribution is -2.48. The van der Waals surface area contributed by atoms with Gasteiger partial charge in [-0.2, -0.15) is 5.10 Å². The molecule has 1 saturated heterocycles. The highest BCUT2D eigenvalue weighted by molar-refractivity contribution is 7.20. The Morgan fingerprint density at radius 3 is 2.62 bits per heavy atom. The van der Waals surface area contributed by atoms with Crippen molar-refractivity contribution >= 4 is 33.1 Å². The summed E-state index contributed by atoms with van der Waals surface area (Å²) in [5.74, 6) is 0.239. The summed E-state index contributed by atoms with van der Waals surface area (Å²) < 4.78 is 3.08. The number of hydrogen-bond donors (Lipinski definition) is 0. The zero-order chi connectivity index (χ0) is 18.3. The first kappa shape index (κ1) is 17.0. The standard InChI is InChI=1S/C19H23N5OS/c1-4-17(25)23-10-8-22(9-11-23)15-6-5-7-16-18(15)20-19(26-16)24-14(3)12-13(2)21-24/h5-7,12H,4,8-11H2,1-3H3. The predicted octanol–water partition coefficient (Wildman–Crippen LogP) is 3.16. The average Bonchev–Trinajstić information content (AvgIpc) is 3.23. The highest BCUT2D eigenvalue weighted by atomic mass is 32.1. The Kier molecular flexibility index (Phi) is 4.40. The van der Waals surface area contributed by atoms with E-state index in [0.717, 1.165) is 58.6 Å². The molecule has 6 nitrogen and oxygen atoms in total. The third-order valence-electron chi connectivity index (χ3n) is 4.85. The number of para-hydroxylation sites is 1. The maximum Gasteiger partial charge on any atom is 0.222 e. The summed E-state index contributed by atoms with van der Waals surface area (Å²) >= 11 is 1.66. The SMILES string of the molecule is CCC(=O)N1CCN(c2cccc3sc(-n4nc(C)cc4C)nc23)CC1. The fourth-order valence-corrected chi connectivity index (χ4v) is 4.51. The molecule has 1 aliphatic rings. The zero-order valence-electron chi connectivity index (χ0n) is 15.4. The zero-order valence-corrected chi connectivity index (χ0v) is 16.2. The number of benzene rings is 1. The Labute approximate surface area is 157 Å². The quantitative estimate of drug-likeness (QED) is 0.712. The molecule has 0 radical (unpaired) electrons. The summed E-state index contributed by atoms with van der Waals surface area (Å²) in [4.78, 5) is 21.1. The molecule has 0 saturated carbocycles. The van der Waals surface area contributed by atoms with E-state index in [2.05, 4.69) is 41.2 Å². The fraction of sp³-hybridized carbons (Fsp3) is 0.421. The van der Waals surface area contributed by atoms with Crippen LogP contribution in [-0.2, 0) is 4.79 Å². The van der Waals surface area contributed by atoms with Crippen LogP contribution < -0.4 is 4.90 Å². The largest absolute Gasteiger partial charge is 0.366 e. The number of fused-ring (bicyclic) bond motifs is 1. The lowest BCUT2D eigenvalue weighted by Gasteiger charge is -2.36. The third kappa shape index (κ3) is 2.96. The monoisotopic (exact) mass is 369 g/mol. The van der Waals surface area contributed by atoms with E-state index in [1.807, 2.05) is 23.4 Å². The molecule has 1 fully saturated rings. The molecule has 0 unspecified atom stereocenters. The first-order chi connectivity index (χ1) is 12.6. The van der Waals surface area contributed by atoms with Gasteiger partial charge in [0.15, 0.2) is 0 Å². The van der Waals surface area contributed by atoms with Crippen molar-refractivity contribution in [3.05, 3.63) is 35.7 Å². The average molecular weight is 369 g/mol. The number of amides is 1. The molecule has 0 N–H and O–H groups in total. The second-order valence-corrected chi connectivity index (χ2v) is 7.69. The minimum absolute atomic E-state index is 0.239. The summed E-state index contributed by atoms with van der Waals surface area (Å²) in [5.41, 5.74) is 4.26. The van der Waals surface area contributed by atoms with Crippen molar-refractivity contribution < 1.29 is 4.79 Å². The van der Waals surface area contributed by atoms with Crippen LogP contribution in [0, 0.1) is 13.8 Å². The van der Waals surface area contributed by atoms with Crippen molar-refractivity contribution in [2.75, 3.05) is 31.1 Å². The maximum atomic E-state index is 11.9. The molecular weight excluding hydrogens is 346 g/mol. The first-order valence-corrected chi connectivity index (χ1v) is 9.84. The Morgan fingerprint density at radius 1 is 1.19 bits per heavy atom. The molecule has 2 aromatic heterocycles. The Bertz CT molecular complexity index is 952. The molecule has 1 aliphatic heterocycles. The van der Waals surface area contributed by atoms with Gasteiger partial charge in [0.1, 0.15) is 5.52 Å². The van der Waals surface area contributed by atoms with Crippen LogP contribution in [0.5, 0.6) is 0 Å². The normalized spacial score (nSPS) is 15.0. The molecule has 0 bridgehead atoms. The minimum atomic E-state index is 0.239. The van der Waals surface area contributed by atoms with Crippen LogP contribution in [0.25, 0.3) is 15.3 Å². The Morgan fingerprint density at radius 2 is 1.96 bits per heavy atom. The highest BCUT2D eigenvalue weighted by Gasteiger charge is 2.22. The van der Waals surface area contributed by atoms with Crippen molar-refractivity contribution in [2.24, 2.45) is 0 Å². The minimum Gasteiger partial charge on any atom is -0.366 e. The molecule has 0 spiro atoms.